The molecule has 2 amide bonds. The van der Waals surface area contributed by atoms with Gasteiger partial charge in [0.25, 0.3) is 0 Å². The van der Waals surface area contributed by atoms with Gasteiger partial charge in [-0.2, -0.15) is 5.10 Å². The molecule has 0 aromatic rings. The van der Waals surface area contributed by atoms with Gasteiger partial charge in [0.1, 0.15) is 0 Å². The number of hydrogen-bond donors (Lipinski definition) is 2. The number of nitrogens with zero attached hydrogens (tertiary/aromatic N) is 1. The monoisotopic (exact) mass is 153 g/mol. The molecule has 0 atom stereocenters. The van der Waals surface area contributed by atoms with Gasteiger partial charge in [0, 0.05) is 0 Å². The van der Waals surface area contributed by atoms with E-state index < -0.39 is 6.03 Å². The van der Waals surface area contributed by atoms with E-state index in [9.17, 15) is 4.79 Å². The van der Waals surface area contributed by atoms with Gasteiger partial charge >= 0.3 is 6.03 Å². The fraction of sp³-hybridized carbons (Fsp3) is 0.429. The zero-order chi connectivity index (χ0) is 8.10. The van der Waals surface area contributed by atoms with E-state index in [1.54, 1.807) is 0 Å². The number of primary amides is 1. The van der Waals surface area contributed by atoms with Gasteiger partial charge in [0.2, 0.25) is 0 Å². The fourth-order valence-electron chi connectivity index (χ4n) is 0.924. The van der Waals surface area contributed by atoms with E-state index in [1.165, 1.54) is 0 Å². The molecule has 0 saturated carbocycles. The first-order valence-corrected chi connectivity index (χ1v) is 3.57. The first kappa shape index (κ1) is 7.78. The van der Waals surface area contributed by atoms with Crippen LogP contribution >= 0.6 is 0 Å². The lowest BCUT2D eigenvalue weighted by molar-refractivity contribution is 0.249. The summed E-state index contributed by atoms with van der Waals surface area (Å²) in [5.74, 6) is 0. The number of urea groups is 1. The average molecular weight is 153 g/mol. The van der Waals surface area contributed by atoms with Crippen LogP contribution < -0.4 is 11.2 Å². The number of carbonyl (C=O) groups excluding carboxylic acids is 1. The van der Waals surface area contributed by atoms with Crippen molar-refractivity contribution in [2.75, 3.05) is 0 Å². The molecular weight excluding hydrogens is 142 g/mol. The van der Waals surface area contributed by atoms with Crippen LogP contribution in [0.1, 0.15) is 19.3 Å². The molecule has 0 heterocycles. The summed E-state index contributed by atoms with van der Waals surface area (Å²) in [7, 11) is 0. The minimum absolute atomic E-state index is 0.614. The normalized spacial score (nSPS) is 20.2. The van der Waals surface area contributed by atoms with Crippen LogP contribution in [0, 0.1) is 0 Å². The van der Waals surface area contributed by atoms with Crippen LogP contribution in [-0.2, 0) is 0 Å². The van der Waals surface area contributed by atoms with Gasteiger partial charge in [-0.1, -0.05) is 6.08 Å². The number of hydrazone groups is 1. The molecule has 0 aliphatic heterocycles. The molecule has 0 saturated heterocycles. The van der Waals surface area contributed by atoms with Crippen molar-refractivity contribution in [3.05, 3.63) is 12.2 Å². The standard InChI is InChI=1S/C7H11N3O/c8-7(11)10-9-6-4-2-1-3-5-6/h2,4H,1,3,5H2,(H3,8,10,11). The fourth-order valence-corrected chi connectivity index (χ4v) is 0.924. The Morgan fingerprint density at radius 1 is 1.73 bits per heavy atom. The highest BCUT2D eigenvalue weighted by Crippen LogP contribution is 2.06. The van der Waals surface area contributed by atoms with Gasteiger partial charge in [-0.15, -0.1) is 0 Å². The van der Waals surface area contributed by atoms with Crippen molar-refractivity contribution >= 4 is 11.7 Å². The van der Waals surface area contributed by atoms with Crippen molar-refractivity contribution < 1.29 is 4.79 Å². The molecular formula is C7H11N3O. The van der Waals surface area contributed by atoms with E-state index in [0.717, 1.165) is 25.0 Å². The van der Waals surface area contributed by atoms with E-state index in [2.05, 4.69) is 10.5 Å². The third-order valence-corrected chi connectivity index (χ3v) is 1.42. The Bertz CT molecular complexity index is 208. The second kappa shape index (κ2) is 3.75. The van der Waals surface area contributed by atoms with E-state index in [1.807, 2.05) is 12.2 Å². The lowest BCUT2D eigenvalue weighted by Gasteiger charge is -2.04. The predicted octanol–water partition coefficient (Wildman–Crippen LogP) is 0.751. The van der Waals surface area contributed by atoms with Gasteiger partial charge in [0.05, 0.1) is 5.71 Å². The highest BCUT2D eigenvalue weighted by atomic mass is 16.2. The van der Waals surface area contributed by atoms with Gasteiger partial charge < -0.3 is 5.73 Å². The van der Waals surface area contributed by atoms with Gasteiger partial charge in [0.15, 0.2) is 0 Å². The zero-order valence-electron chi connectivity index (χ0n) is 6.21. The van der Waals surface area contributed by atoms with Crippen molar-refractivity contribution in [1.29, 1.82) is 0 Å². The highest BCUT2D eigenvalue weighted by molar-refractivity contribution is 5.96. The quantitative estimate of drug-likeness (QED) is 0.536. The Hall–Kier alpha value is -1.32. The SMILES string of the molecule is NC(=O)NN=C1C=CCCC1. The second-order valence-corrected chi connectivity index (χ2v) is 2.37. The molecule has 60 valence electrons. The van der Waals surface area contributed by atoms with Crippen LogP contribution in [0.3, 0.4) is 0 Å². The molecule has 1 aliphatic rings. The molecule has 0 spiro atoms. The third kappa shape index (κ3) is 2.84. The van der Waals surface area contributed by atoms with Crippen molar-refractivity contribution in [3.63, 3.8) is 0 Å². The minimum Gasteiger partial charge on any atom is -0.350 e. The molecule has 1 rings (SSSR count). The maximum Gasteiger partial charge on any atom is 0.332 e. The lowest BCUT2D eigenvalue weighted by Crippen LogP contribution is -2.25. The van der Waals surface area contributed by atoms with Crippen molar-refractivity contribution in [2.24, 2.45) is 10.8 Å². The third-order valence-electron chi connectivity index (χ3n) is 1.42. The molecule has 0 fully saturated rings. The lowest BCUT2D eigenvalue weighted by atomic mass is 10.1. The Morgan fingerprint density at radius 2 is 2.55 bits per heavy atom. The molecule has 1 aliphatic carbocycles. The summed E-state index contributed by atoms with van der Waals surface area (Å²) in [6, 6.07) is -0.614. The van der Waals surface area contributed by atoms with Crippen LogP contribution in [0.5, 0.6) is 0 Å². The van der Waals surface area contributed by atoms with Crippen molar-refractivity contribution in [3.8, 4) is 0 Å². The van der Waals surface area contributed by atoms with Crippen molar-refractivity contribution in [1.82, 2.24) is 5.43 Å². The average Bonchev–Trinajstić information content (AvgIpc) is 2.03. The molecule has 0 aromatic carbocycles. The number of nitrogens with two attached hydrogens (primary N) is 1. The molecule has 0 aromatic heterocycles. The summed E-state index contributed by atoms with van der Waals surface area (Å²) < 4.78 is 0. The van der Waals surface area contributed by atoms with Crippen LogP contribution in [0.15, 0.2) is 17.3 Å². The van der Waals surface area contributed by atoms with E-state index in [4.69, 9.17) is 5.73 Å². The largest absolute Gasteiger partial charge is 0.350 e. The van der Waals surface area contributed by atoms with Crippen LogP contribution in [-0.4, -0.2) is 11.7 Å². The molecule has 4 heteroatoms. The number of hydrogen-bond acceptors (Lipinski definition) is 2. The number of nitrogens with one attached hydrogen (secondary N) is 1. The van der Waals surface area contributed by atoms with Crippen molar-refractivity contribution in [2.45, 2.75) is 19.3 Å². The molecule has 0 unspecified atom stereocenters. The van der Waals surface area contributed by atoms with Crippen LogP contribution in [0.4, 0.5) is 4.79 Å². The molecule has 0 bridgehead atoms. The van der Waals surface area contributed by atoms with Crippen LogP contribution in [0.25, 0.3) is 0 Å². The first-order chi connectivity index (χ1) is 5.29. The highest BCUT2D eigenvalue weighted by Gasteiger charge is 1.99. The first-order valence-electron chi connectivity index (χ1n) is 3.57. The number of amides is 2. The number of allylic oxidation sites excluding steroid dienone is 2. The Kier molecular flexibility index (Phi) is 2.66. The summed E-state index contributed by atoms with van der Waals surface area (Å²) in [6.07, 6.45) is 7.03. The number of rotatable bonds is 1. The minimum atomic E-state index is -0.614. The van der Waals surface area contributed by atoms with E-state index in [-0.39, 0.29) is 0 Å². The Morgan fingerprint density at radius 3 is 3.09 bits per heavy atom. The Labute approximate surface area is 65.2 Å². The maximum absolute atomic E-state index is 10.2. The van der Waals surface area contributed by atoms with E-state index >= 15 is 0 Å². The summed E-state index contributed by atoms with van der Waals surface area (Å²) in [6.45, 7) is 0. The molecule has 0 radical (unpaired) electrons. The van der Waals surface area contributed by atoms with E-state index in [0.29, 0.717) is 0 Å². The topological polar surface area (TPSA) is 67.5 Å². The summed E-state index contributed by atoms with van der Waals surface area (Å²) >= 11 is 0. The second-order valence-electron chi connectivity index (χ2n) is 2.37. The summed E-state index contributed by atoms with van der Waals surface area (Å²) in [5.41, 5.74) is 7.90. The summed E-state index contributed by atoms with van der Waals surface area (Å²) in [4.78, 5) is 10.2. The van der Waals surface area contributed by atoms with Gasteiger partial charge in [-0.05, 0) is 25.3 Å². The maximum atomic E-state index is 10.2. The van der Waals surface area contributed by atoms with Gasteiger partial charge in [-0.25, -0.2) is 10.2 Å². The number of carbonyl (C=O) groups is 1. The molecule has 3 N–H and O–H groups in total. The zero-order valence-corrected chi connectivity index (χ0v) is 6.21. The van der Waals surface area contributed by atoms with Crippen LogP contribution in [0.2, 0.25) is 0 Å². The molecule has 11 heavy (non-hydrogen) atoms. The predicted molar refractivity (Wildman–Crippen MR) is 43.1 cm³/mol. The Balaban J connectivity index is 2.44. The smallest absolute Gasteiger partial charge is 0.332 e. The van der Waals surface area contributed by atoms with Gasteiger partial charge in [-0.3, -0.25) is 0 Å². The summed E-state index contributed by atoms with van der Waals surface area (Å²) in [5, 5.41) is 3.79. The molecule has 4 nitrogen and oxygen atoms in total.